The van der Waals surface area contributed by atoms with Crippen molar-refractivity contribution in [3.05, 3.63) is 35.9 Å². The van der Waals surface area contributed by atoms with Gasteiger partial charge in [-0.15, -0.1) is 0 Å². The Kier molecular flexibility index (Phi) is 5.45. The van der Waals surface area contributed by atoms with E-state index in [0.29, 0.717) is 30.2 Å². The Bertz CT molecular complexity index is 895. The first kappa shape index (κ1) is 19.7. The first-order chi connectivity index (χ1) is 14.0. The molecule has 2 N–H and O–H groups in total. The van der Waals surface area contributed by atoms with Gasteiger partial charge >= 0.3 is 5.97 Å². The smallest absolute Gasteiger partial charge is 0.308 e. The summed E-state index contributed by atoms with van der Waals surface area (Å²) in [5.74, 6) is -0.456. The lowest BCUT2D eigenvalue weighted by Crippen LogP contribution is -2.34. The molecule has 0 amide bonds. The minimum absolute atomic E-state index is 0.0630. The number of pyridine rings is 1. The Balaban J connectivity index is 1.49. The lowest BCUT2D eigenvalue weighted by atomic mass is 9.77. The molecule has 2 aliphatic rings. The van der Waals surface area contributed by atoms with Crippen LogP contribution in [0.5, 0.6) is 0 Å². The number of aliphatic hydroxyl groups is 1. The summed E-state index contributed by atoms with van der Waals surface area (Å²) in [6, 6.07) is 5.32. The van der Waals surface area contributed by atoms with E-state index in [-0.39, 0.29) is 23.6 Å². The molecule has 7 nitrogen and oxygen atoms in total. The van der Waals surface area contributed by atoms with Crippen molar-refractivity contribution < 1.29 is 19.0 Å². The number of hydrogen-bond acceptors (Lipinski definition) is 7. The number of nitrogens with zero attached hydrogens (tertiary/aromatic N) is 3. The van der Waals surface area contributed by atoms with Crippen LogP contribution in [0.1, 0.15) is 50.6 Å². The fourth-order valence-electron chi connectivity index (χ4n) is 4.03. The number of carbonyl (C=O) groups is 1. The quantitative estimate of drug-likeness (QED) is 0.744. The molecule has 0 atom stereocenters. The molecular weight excluding hydrogens is 375 g/mol. The van der Waals surface area contributed by atoms with Crippen molar-refractivity contribution in [3.63, 3.8) is 0 Å². The Morgan fingerprint density at radius 3 is 2.66 bits per heavy atom. The lowest BCUT2D eigenvalue weighted by molar-refractivity contribution is -0.146. The maximum Gasteiger partial charge on any atom is 0.308 e. The van der Waals surface area contributed by atoms with Crippen molar-refractivity contribution in [1.29, 1.82) is 0 Å². The maximum absolute atomic E-state index is 14.4. The molecule has 2 aromatic rings. The fourth-order valence-corrected chi connectivity index (χ4v) is 4.03. The van der Waals surface area contributed by atoms with E-state index in [4.69, 9.17) is 4.74 Å². The summed E-state index contributed by atoms with van der Waals surface area (Å²) in [5.41, 5.74) is 0.115. The van der Waals surface area contributed by atoms with E-state index in [9.17, 15) is 14.3 Å². The first-order valence-electron chi connectivity index (χ1n) is 10.1. The summed E-state index contributed by atoms with van der Waals surface area (Å²) >= 11 is 0. The van der Waals surface area contributed by atoms with Crippen LogP contribution in [0.2, 0.25) is 0 Å². The van der Waals surface area contributed by atoms with Gasteiger partial charge in [-0.2, -0.15) is 0 Å². The van der Waals surface area contributed by atoms with Crippen molar-refractivity contribution in [2.75, 3.05) is 12.4 Å². The van der Waals surface area contributed by atoms with Gasteiger partial charge in [0.25, 0.3) is 0 Å². The average Bonchev–Trinajstić information content (AvgIpc) is 2.73. The van der Waals surface area contributed by atoms with Gasteiger partial charge in [0.1, 0.15) is 11.3 Å². The Morgan fingerprint density at radius 1 is 1.24 bits per heavy atom. The number of methoxy groups -OCH3 is 1. The predicted octanol–water partition coefficient (Wildman–Crippen LogP) is 3.19. The second-order valence-corrected chi connectivity index (χ2v) is 7.90. The highest BCUT2D eigenvalue weighted by molar-refractivity contribution is 5.72. The zero-order valence-electron chi connectivity index (χ0n) is 16.4. The highest BCUT2D eigenvalue weighted by atomic mass is 19.1. The van der Waals surface area contributed by atoms with Crippen molar-refractivity contribution >= 4 is 11.9 Å². The number of nitrogens with one attached hydrogen (secondary N) is 1. The molecule has 0 radical (unpaired) electrons. The van der Waals surface area contributed by atoms with E-state index in [0.717, 1.165) is 38.3 Å². The normalized spacial score (nSPS) is 23.1. The second kappa shape index (κ2) is 8.02. The zero-order valence-corrected chi connectivity index (χ0v) is 16.4. The molecular formula is C21H25FN4O3. The largest absolute Gasteiger partial charge is 0.469 e. The van der Waals surface area contributed by atoms with Crippen molar-refractivity contribution in [3.8, 4) is 11.4 Å². The van der Waals surface area contributed by atoms with Crippen LogP contribution < -0.4 is 5.32 Å². The van der Waals surface area contributed by atoms with Gasteiger partial charge in [-0.25, -0.2) is 19.3 Å². The number of rotatable bonds is 5. The van der Waals surface area contributed by atoms with Crippen LogP contribution in [0.25, 0.3) is 11.4 Å². The fraction of sp³-hybridized carbons (Fsp3) is 0.524. The molecule has 0 aromatic carbocycles. The number of hydrogen-bond donors (Lipinski definition) is 2. The van der Waals surface area contributed by atoms with Gasteiger partial charge in [-0.3, -0.25) is 4.79 Å². The SMILES string of the molecule is COC(=O)C1CCC(Nc2ncc(F)c(-c3cccc(C4(O)CCC4)n3)n2)CC1. The van der Waals surface area contributed by atoms with Gasteiger partial charge < -0.3 is 15.2 Å². The molecule has 154 valence electrons. The van der Waals surface area contributed by atoms with Crippen LogP contribution in [0.15, 0.2) is 24.4 Å². The van der Waals surface area contributed by atoms with Gasteiger partial charge in [0.05, 0.1) is 30.6 Å². The first-order valence-corrected chi connectivity index (χ1v) is 10.1. The van der Waals surface area contributed by atoms with Gasteiger partial charge in [0.2, 0.25) is 5.95 Å². The third kappa shape index (κ3) is 4.07. The van der Waals surface area contributed by atoms with Crippen molar-refractivity contribution in [2.24, 2.45) is 5.92 Å². The summed E-state index contributed by atoms with van der Waals surface area (Å²) in [7, 11) is 1.41. The highest BCUT2D eigenvalue weighted by Gasteiger charge is 2.37. The van der Waals surface area contributed by atoms with Crippen LogP contribution in [0, 0.1) is 11.7 Å². The molecule has 2 heterocycles. The minimum Gasteiger partial charge on any atom is -0.469 e. The van der Waals surface area contributed by atoms with E-state index in [2.05, 4.69) is 20.3 Å². The van der Waals surface area contributed by atoms with Gasteiger partial charge in [-0.05, 0) is 57.1 Å². The summed E-state index contributed by atoms with van der Waals surface area (Å²) in [4.78, 5) is 24.5. The third-order valence-corrected chi connectivity index (χ3v) is 5.99. The molecule has 2 saturated carbocycles. The molecule has 0 saturated heterocycles. The monoisotopic (exact) mass is 400 g/mol. The van der Waals surface area contributed by atoms with Crippen LogP contribution in [0.4, 0.5) is 10.3 Å². The van der Waals surface area contributed by atoms with Gasteiger partial charge in [0.15, 0.2) is 5.82 Å². The summed E-state index contributed by atoms with van der Waals surface area (Å²) in [5, 5.41) is 13.8. The molecule has 2 fully saturated rings. The molecule has 2 aromatic heterocycles. The number of aromatic nitrogens is 3. The van der Waals surface area contributed by atoms with Crippen LogP contribution in [-0.4, -0.2) is 39.2 Å². The minimum atomic E-state index is -0.918. The van der Waals surface area contributed by atoms with Crippen molar-refractivity contribution in [1.82, 2.24) is 15.0 Å². The standard InChI is InChI=1S/C21H25FN4O3/c1-29-19(27)13-6-8-14(9-7-13)24-20-23-12-15(22)18(26-20)16-4-2-5-17(25-16)21(28)10-3-11-21/h2,4-5,12-14,28H,3,6-11H2,1H3,(H,23,24,26). The van der Waals surface area contributed by atoms with Crippen LogP contribution in [0.3, 0.4) is 0 Å². The van der Waals surface area contributed by atoms with Gasteiger partial charge in [0, 0.05) is 6.04 Å². The number of halogens is 1. The molecule has 0 spiro atoms. The lowest BCUT2D eigenvalue weighted by Gasteiger charge is -2.36. The zero-order chi connectivity index (χ0) is 20.4. The second-order valence-electron chi connectivity index (χ2n) is 7.90. The molecule has 0 bridgehead atoms. The molecule has 8 heteroatoms. The summed E-state index contributed by atoms with van der Waals surface area (Å²) in [6.45, 7) is 0. The predicted molar refractivity (Wildman–Crippen MR) is 104 cm³/mol. The van der Waals surface area contributed by atoms with E-state index in [1.165, 1.54) is 7.11 Å². The molecule has 0 unspecified atom stereocenters. The topological polar surface area (TPSA) is 97.2 Å². The molecule has 0 aliphatic heterocycles. The van der Waals surface area contributed by atoms with E-state index < -0.39 is 11.4 Å². The number of carbonyl (C=O) groups excluding carboxylic acids is 1. The summed E-state index contributed by atoms with van der Waals surface area (Å²) in [6.07, 6.45) is 6.47. The molecule has 29 heavy (non-hydrogen) atoms. The van der Waals surface area contributed by atoms with E-state index in [1.807, 2.05) is 0 Å². The molecule has 2 aliphatic carbocycles. The number of ether oxygens (including phenoxy) is 1. The molecule has 4 rings (SSSR count). The number of esters is 1. The Morgan fingerprint density at radius 2 is 2.00 bits per heavy atom. The maximum atomic E-state index is 14.4. The highest BCUT2D eigenvalue weighted by Crippen LogP contribution is 2.40. The van der Waals surface area contributed by atoms with Gasteiger partial charge in [-0.1, -0.05) is 6.07 Å². The van der Waals surface area contributed by atoms with Crippen molar-refractivity contribution in [2.45, 2.75) is 56.6 Å². The van der Waals surface area contributed by atoms with E-state index in [1.54, 1.807) is 18.2 Å². The van der Waals surface area contributed by atoms with Crippen LogP contribution in [-0.2, 0) is 15.1 Å². The number of anilines is 1. The average molecular weight is 400 g/mol. The Labute approximate surface area is 168 Å². The summed E-state index contributed by atoms with van der Waals surface area (Å²) < 4.78 is 19.2. The van der Waals surface area contributed by atoms with E-state index >= 15 is 0 Å². The third-order valence-electron chi connectivity index (χ3n) is 5.99. The van der Waals surface area contributed by atoms with Crippen LogP contribution >= 0.6 is 0 Å². The Hall–Kier alpha value is -2.61.